The number of ether oxygens (including phenoxy) is 9. The maximum absolute atomic E-state index is 11.8. The fraction of sp³-hybridized carbons (Fsp3) is 0.489. The Morgan fingerprint density at radius 1 is 0.508 bits per heavy atom. The minimum absolute atomic E-state index is 0. The number of aliphatic hydroxyl groups is 1. The van der Waals surface area contributed by atoms with Crippen molar-refractivity contribution in [2.24, 2.45) is 0 Å². The predicted molar refractivity (Wildman–Crippen MR) is 477 cm³/mol. The van der Waals surface area contributed by atoms with Crippen LogP contribution in [0.1, 0.15) is 175 Å². The fourth-order valence-electron chi connectivity index (χ4n) is 17.0. The Balaban J connectivity index is 0.000000209. The Bertz CT molecular complexity index is 4510. The average Bonchev–Trinajstić information content (AvgIpc) is 1.62. The summed E-state index contributed by atoms with van der Waals surface area (Å²) in [7, 11) is 0. The molecule has 0 amide bonds. The van der Waals surface area contributed by atoms with Gasteiger partial charge in [-0.1, -0.05) is 162 Å². The summed E-state index contributed by atoms with van der Waals surface area (Å²) in [6.07, 6.45) is 13.0. The molecule has 19 nitrogen and oxygen atoms in total. The zero-order valence-corrected chi connectivity index (χ0v) is 74.0. The summed E-state index contributed by atoms with van der Waals surface area (Å²) in [5.41, 5.74) is 16.2. The first-order chi connectivity index (χ1) is 56.6. The number of morpholine rings is 4. The Labute approximate surface area is 733 Å². The van der Waals surface area contributed by atoms with Crippen molar-refractivity contribution in [3.05, 3.63) is 242 Å². The van der Waals surface area contributed by atoms with Crippen molar-refractivity contribution in [2.45, 2.75) is 181 Å². The van der Waals surface area contributed by atoms with E-state index in [1.807, 2.05) is 69.3 Å². The molecule has 644 valence electrons. The first-order valence-corrected chi connectivity index (χ1v) is 44.1. The van der Waals surface area contributed by atoms with Crippen molar-refractivity contribution < 1.29 is 74.9 Å². The second kappa shape index (κ2) is 46.5. The lowest BCUT2D eigenvalue weighted by molar-refractivity contribution is -0.146. The van der Waals surface area contributed by atoms with Crippen LogP contribution in [0.3, 0.4) is 0 Å². The number of fused-ring (bicyclic) bond motifs is 8. The lowest BCUT2D eigenvalue weighted by Gasteiger charge is -2.41. The molecule has 4 aliphatic heterocycles. The van der Waals surface area contributed by atoms with Crippen molar-refractivity contribution in [2.75, 3.05) is 118 Å². The van der Waals surface area contributed by atoms with Gasteiger partial charge in [0.05, 0.1) is 72.1 Å². The molecule has 0 aromatic heterocycles. The molecule has 15 rings (SSSR count). The number of carbonyl (C=O) groups is 4. The van der Waals surface area contributed by atoms with Gasteiger partial charge >= 0.3 is 23.9 Å². The topological polar surface area (TPSA) is 214 Å². The SMILES string of the molecule is Brc1ccc2c(c1)CCC21CNCCO1.C.C=CC(=O)OCC.CCOC(=O)CCN1CCOC2(CCc3cc(Br)ccc32)C1.CCOC(=O)CCN1CCOC2(CCc3cc(OCc4c(Cl)cccc4CC)ccc32)C1.CCc1cccc(Cl)c1CO.CCc1cccc(Cl)c1COc1ccc2c(c1)CCC21CN(CCC(=O)O)CCO1.[2HH].[HH]. The molecule has 0 bridgehead atoms. The summed E-state index contributed by atoms with van der Waals surface area (Å²) in [6.45, 7) is 28.9. The average molecular weight is 1820 g/mol. The molecule has 4 heterocycles. The van der Waals surface area contributed by atoms with E-state index in [-0.39, 0.29) is 63.6 Å². The van der Waals surface area contributed by atoms with Crippen LogP contribution in [0.4, 0.5) is 0 Å². The summed E-state index contributed by atoms with van der Waals surface area (Å²) >= 11 is 25.7. The number of nitrogens with zero attached hydrogens (tertiary/aromatic N) is 3. The third-order valence-electron chi connectivity index (χ3n) is 23.0. The van der Waals surface area contributed by atoms with E-state index in [0.29, 0.717) is 77.2 Å². The maximum atomic E-state index is 11.8. The van der Waals surface area contributed by atoms with Gasteiger partial charge in [-0.3, -0.25) is 29.1 Å². The second-order valence-electron chi connectivity index (χ2n) is 30.3. The second-order valence-corrected chi connectivity index (χ2v) is 33.3. The number of benzene rings is 7. The van der Waals surface area contributed by atoms with Gasteiger partial charge in [0.2, 0.25) is 0 Å². The zero-order valence-electron chi connectivity index (χ0n) is 68.6. The Morgan fingerprint density at radius 3 is 1.23 bits per heavy atom. The molecule has 4 fully saturated rings. The number of aliphatic carboxylic acids is 1. The minimum Gasteiger partial charge on any atom is -0.489 e. The van der Waals surface area contributed by atoms with Gasteiger partial charge in [-0.05, 0) is 225 Å². The summed E-state index contributed by atoms with van der Waals surface area (Å²) in [5, 5.41) is 23.5. The summed E-state index contributed by atoms with van der Waals surface area (Å²) < 4.78 is 53.9. The molecule has 0 radical (unpaired) electrons. The van der Waals surface area contributed by atoms with Crippen LogP contribution >= 0.6 is 66.7 Å². The number of aliphatic hydroxyl groups excluding tert-OH is 1. The van der Waals surface area contributed by atoms with Gasteiger partial charge in [0.25, 0.3) is 0 Å². The third kappa shape index (κ3) is 25.2. The van der Waals surface area contributed by atoms with Crippen LogP contribution in [-0.2, 0) is 140 Å². The van der Waals surface area contributed by atoms with E-state index in [2.05, 4.69) is 150 Å². The van der Waals surface area contributed by atoms with Crippen LogP contribution in [0, 0.1) is 0 Å². The number of esters is 3. The van der Waals surface area contributed by atoms with Crippen LogP contribution in [0.15, 0.2) is 149 Å². The quantitative estimate of drug-likeness (QED) is 0.0308. The maximum Gasteiger partial charge on any atom is 0.330 e. The molecule has 8 aliphatic rings. The Morgan fingerprint density at radius 2 is 0.873 bits per heavy atom. The number of aryl methyl sites for hydroxylation is 7. The molecule has 4 spiro atoms. The van der Waals surface area contributed by atoms with E-state index < -0.39 is 5.97 Å². The van der Waals surface area contributed by atoms with Gasteiger partial charge in [-0.15, -0.1) is 0 Å². The molecular weight excluding hydrogens is 1690 g/mol. The van der Waals surface area contributed by atoms with Crippen LogP contribution in [0.2, 0.25) is 15.1 Å². The van der Waals surface area contributed by atoms with Gasteiger partial charge in [0.1, 0.15) is 47.1 Å². The third-order valence-corrected chi connectivity index (χ3v) is 25.0. The van der Waals surface area contributed by atoms with Crippen LogP contribution in [-0.4, -0.2) is 167 Å². The number of carboxylic acid groups (broad SMARTS) is 1. The van der Waals surface area contributed by atoms with Crippen LogP contribution < -0.4 is 14.8 Å². The molecule has 4 saturated heterocycles. The molecule has 7 aromatic carbocycles. The number of rotatable bonds is 23. The van der Waals surface area contributed by atoms with Crippen LogP contribution in [0.5, 0.6) is 11.5 Å². The highest BCUT2D eigenvalue weighted by Gasteiger charge is 2.47. The molecule has 4 unspecified atom stereocenters. The van der Waals surface area contributed by atoms with Gasteiger partial charge in [-0.2, -0.15) is 0 Å². The molecular formula is C94H123Br2Cl3N4O15. The molecule has 4 atom stereocenters. The number of hydrogen-bond acceptors (Lipinski definition) is 18. The summed E-state index contributed by atoms with van der Waals surface area (Å²) in [4.78, 5) is 51.2. The predicted octanol–water partition coefficient (Wildman–Crippen LogP) is 18.7. The minimum atomic E-state index is -0.756. The number of carbonyl (C=O) groups excluding carboxylic acids is 3. The van der Waals surface area contributed by atoms with Gasteiger partial charge < -0.3 is 58.2 Å². The zero-order chi connectivity index (χ0) is 83.5. The number of hydrogen-bond donors (Lipinski definition) is 3. The van der Waals surface area contributed by atoms with Gasteiger partial charge in [-0.25, -0.2) is 4.79 Å². The molecule has 0 saturated carbocycles. The van der Waals surface area contributed by atoms with E-state index in [1.165, 1.54) is 60.1 Å². The molecule has 7 aromatic rings. The van der Waals surface area contributed by atoms with E-state index >= 15 is 0 Å². The van der Waals surface area contributed by atoms with Crippen LogP contribution in [0.25, 0.3) is 0 Å². The lowest BCUT2D eigenvalue weighted by atomic mass is 9.93. The highest BCUT2D eigenvalue weighted by Crippen LogP contribution is 2.48. The Kier molecular flexibility index (Phi) is 37.4. The smallest absolute Gasteiger partial charge is 0.330 e. The van der Waals surface area contributed by atoms with E-state index in [1.54, 1.807) is 13.0 Å². The largest absolute Gasteiger partial charge is 0.489 e. The van der Waals surface area contributed by atoms with Crippen molar-refractivity contribution >= 4 is 90.5 Å². The summed E-state index contributed by atoms with van der Waals surface area (Å²) in [5.74, 6) is 0.339. The highest BCUT2D eigenvalue weighted by molar-refractivity contribution is 9.10. The first-order valence-electron chi connectivity index (χ1n) is 41.3. The van der Waals surface area contributed by atoms with E-state index in [9.17, 15) is 19.2 Å². The first kappa shape index (κ1) is 95.1. The molecule has 4 aliphatic carbocycles. The normalized spacial score (nSPS) is 20.5. The molecule has 118 heavy (non-hydrogen) atoms. The standard InChI is InChI=1S/C26H32ClNO4.C24H28ClNO4.C17H22BrNO3.C12H14BrNO.C9H11ClO.C5H8O2.CH4.2H2/c1-3-19-6-5-7-24(27)22(19)17-31-21-8-9-23-20(16-21)10-12-26(23)18-28(14-15-32-26)13-11-25(29)30-4-2;1-2-17-4-3-5-22(25)20(17)15-29-19-6-7-21-18(14-19)8-10-24(21)16-26(12-13-30-24)11-9-23(27)28;1-2-21-16(20)6-8-19-9-10-22-17(12-19)7-5-13-11-14(18)3-4-15(13)17;13-10-1-2-11-9(7-10)3-4-12(11)8-14-5-6-15-12;1-2-7-4-3-5-9(10)8(7)6-11;1-3-5(6)7-4-2;;;/h5-9,16H,3-4,10-15,17-18H2,1-2H3;3-7,14H,2,8-13,15-16H2,1H3,(H,27,28);3-4,11H,2,5-10,12H2,1H3;1-2,7,14H,3-6,8H2;3-5,11H,2,6H2,1H3;3H,1,4H2,2H3;1H4;2*1H/i;;;;;;;1+1;. The Hall–Kier alpha value is -6.77. The van der Waals surface area contributed by atoms with E-state index in [0.717, 1.165) is 197 Å². The number of halogens is 5. The van der Waals surface area contributed by atoms with Crippen molar-refractivity contribution in [1.29, 1.82) is 0 Å². The summed E-state index contributed by atoms with van der Waals surface area (Å²) in [6, 6.07) is 43.3. The van der Waals surface area contributed by atoms with Crippen molar-refractivity contribution in [1.82, 2.24) is 20.0 Å². The fourth-order valence-corrected chi connectivity index (χ4v) is 18.6. The molecule has 24 heteroatoms. The lowest BCUT2D eigenvalue weighted by Crippen LogP contribution is -2.49. The van der Waals surface area contributed by atoms with Crippen molar-refractivity contribution in [3.8, 4) is 11.5 Å². The monoisotopic (exact) mass is 1810 g/mol. The van der Waals surface area contributed by atoms with Crippen molar-refractivity contribution in [3.63, 3.8) is 0 Å². The number of carboxylic acids is 1. The van der Waals surface area contributed by atoms with E-state index in [4.69, 9.17) is 82.9 Å². The number of nitrogens with one attached hydrogen (secondary N) is 1. The highest BCUT2D eigenvalue weighted by atomic mass is 79.9. The van der Waals surface area contributed by atoms with Gasteiger partial charge in [0, 0.05) is 116 Å². The van der Waals surface area contributed by atoms with Gasteiger partial charge in [0.15, 0.2) is 0 Å². The molecule has 3 N–H and O–H groups in total.